The summed E-state index contributed by atoms with van der Waals surface area (Å²) < 4.78 is 0. The van der Waals surface area contributed by atoms with Crippen LogP contribution >= 0.6 is 0 Å². The van der Waals surface area contributed by atoms with Crippen LogP contribution in [0.25, 0.3) is 0 Å². The highest BCUT2D eigenvalue weighted by Gasteiger charge is 1.99. The van der Waals surface area contributed by atoms with Gasteiger partial charge in [-0.1, -0.05) is 19.1 Å². The molecular weight excluding hydrogens is 176 g/mol. The average molecular weight is 190 g/mol. The quantitative estimate of drug-likeness (QED) is 0.706. The van der Waals surface area contributed by atoms with E-state index in [2.05, 4.69) is 5.32 Å². The third kappa shape index (κ3) is 2.69. The first-order chi connectivity index (χ1) is 6.63. The van der Waals surface area contributed by atoms with Crippen LogP contribution in [0.3, 0.4) is 0 Å². The number of hydrogen-bond donors (Lipinski definition) is 2. The molecular formula is C11H14N2O. The highest BCUT2D eigenvalue weighted by atomic mass is 16.1. The maximum atomic E-state index is 11.0. The van der Waals surface area contributed by atoms with Gasteiger partial charge in [0.25, 0.3) is 0 Å². The number of amides is 1. The predicted molar refractivity (Wildman–Crippen MR) is 57.9 cm³/mol. The lowest BCUT2D eigenvalue weighted by Gasteiger charge is -2.04. The second-order valence-corrected chi connectivity index (χ2v) is 3.10. The molecule has 0 saturated heterocycles. The first kappa shape index (κ1) is 10.4. The number of nitrogens with one attached hydrogen (secondary N) is 2. The number of anilines is 1. The van der Waals surface area contributed by atoms with Crippen LogP contribution in [0.15, 0.2) is 24.3 Å². The number of hydrogen-bond acceptors (Lipinski definition) is 2. The van der Waals surface area contributed by atoms with E-state index in [1.54, 1.807) is 19.1 Å². The van der Waals surface area contributed by atoms with Gasteiger partial charge in [0, 0.05) is 17.8 Å². The van der Waals surface area contributed by atoms with Crippen molar-refractivity contribution in [2.75, 3.05) is 5.32 Å². The third-order valence-corrected chi connectivity index (χ3v) is 1.92. The Morgan fingerprint density at radius 3 is 2.36 bits per heavy atom. The molecule has 1 aromatic rings. The molecule has 0 atom stereocenters. The van der Waals surface area contributed by atoms with Crippen molar-refractivity contribution in [3.05, 3.63) is 29.8 Å². The van der Waals surface area contributed by atoms with Gasteiger partial charge >= 0.3 is 0 Å². The molecule has 0 aliphatic heterocycles. The summed E-state index contributed by atoms with van der Waals surface area (Å²) in [5.74, 6) is 0.00400. The van der Waals surface area contributed by atoms with Gasteiger partial charge in [0.05, 0.1) is 0 Å². The minimum Gasteiger partial charge on any atom is -0.326 e. The Labute approximate surface area is 83.7 Å². The Kier molecular flexibility index (Phi) is 3.40. The molecule has 0 fully saturated rings. The monoisotopic (exact) mass is 190 g/mol. The highest BCUT2D eigenvalue weighted by molar-refractivity contribution is 5.97. The van der Waals surface area contributed by atoms with Gasteiger partial charge in [-0.3, -0.25) is 4.79 Å². The topological polar surface area (TPSA) is 53.0 Å². The Hall–Kier alpha value is -1.64. The molecule has 1 aromatic carbocycles. The fraction of sp³-hybridized carbons (Fsp3) is 0.273. The van der Waals surface area contributed by atoms with E-state index in [0.29, 0.717) is 12.1 Å². The van der Waals surface area contributed by atoms with Crippen molar-refractivity contribution in [2.24, 2.45) is 0 Å². The van der Waals surface area contributed by atoms with E-state index in [4.69, 9.17) is 5.41 Å². The molecule has 2 N–H and O–H groups in total. The first-order valence-corrected chi connectivity index (χ1v) is 4.59. The predicted octanol–water partition coefficient (Wildman–Crippen LogP) is 2.42. The normalized spacial score (nSPS) is 9.57. The molecule has 1 amide bonds. The second-order valence-electron chi connectivity index (χ2n) is 3.10. The molecule has 0 bridgehead atoms. The molecule has 0 aliphatic rings. The van der Waals surface area contributed by atoms with Crippen molar-refractivity contribution >= 4 is 17.3 Å². The van der Waals surface area contributed by atoms with Crippen LogP contribution in [0.4, 0.5) is 5.69 Å². The molecule has 0 unspecified atom stereocenters. The minimum atomic E-state index is 0.00400. The van der Waals surface area contributed by atoms with Gasteiger partial charge in [0.15, 0.2) is 0 Å². The van der Waals surface area contributed by atoms with Crippen LogP contribution < -0.4 is 5.32 Å². The summed E-state index contributed by atoms with van der Waals surface area (Å²) in [5.41, 5.74) is 2.18. The van der Waals surface area contributed by atoms with E-state index in [9.17, 15) is 4.79 Å². The Morgan fingerprint density at radius 1 is 1.36 bits per heavy atom. The van der Waals surface area contributed by atoms with Gasteiger partial charge in [0.2, 0.25) is 5.91 Å². The molecule has 0 aliphatic carbocycles. The number of benzene rings is 1. The van der Waals surface area contributed by atoms with Crippen molar-refractivity contribution in [3.63, 3.8) is 0 Å². The number of carbonyl (C=O) groups excluding carboxylic acids is 1. The summed E-state index contributed by atoms with van der Waals surface area (Å²) in [5, 5.41) is 10.1. The van der Waals surface area contributed by atoms with E-state index in [-0.39, 0.29) is 5.91 Å². The zero-order valence-corrected chi connectivity index (χ0v) is 8.42. The van der Waals surface area contributed by atoms with E-state index in [0.717, 1.165) is 11.3 Å². The molecule has 14 heavy (non-hydrogen) atoms. The molecule has 74 valence electrons. The van der Waals surface area contributed by atoms with Crippen LogP contribution in [0.1, 0.15) is 25.8 Å². The maximum absolute atomic E-state index is 11.0. The smallest absolute Gasteiger partial charge is 0.224 e. The van der Waals surface area contributed by atoms with Crippen molar-refractivity contribution in [2.45, 2.75) is 20.3 Å². The third-order valence-electron chi connectivity index (χ3n) is 1.92. The summed E-state index contributed by atoms with van der Waals surface area (Å²) in [6.45, 7) is 3.55. The average Bonchev–Trinajstić information content (AvgIpc) is 2.18. The minimum absolute atomic E-state index is 0.00400. The van der Waals surface area contributed by atoms with Gasteiger partial charge in [-0.15, -0.1) is 0 Å². The Morgan fingerprint density at radius 2 is 1.93 bits per heavy atom. The largest absolute Gasteiger partial charge is 0.326 e. The zero-order valence-electron chi connectivity index (χ0n) is 8.42. The van der Waals surface area contributed by atoms with Crippen molar-refractivity contribution < 1.29 is 4.79 Å². The van der Waals surface area contributed by atoms with Crippen LogP contribution in [-0.2, 0) is 4.79 Å². The van der Waals surface area contributed by atoms with Crippen LogP contribution in [0.5, 0.6) is 0 Å². The molecule has 0 heterocycles. The molecule has 0 saturated carbocycles. The fourth-order valence-electron chi connectivity index (χ4n) is 1.05. The van der Waals surface area contributed by atoms with Gasteiger partial charge in [-0.2, -0.15) is 0 Å². The summed E-state index contributed by atoms with van der Waals surface area (Å²) in [4.78, 5) is 11.0. The number of rotatable bonds is 3. The first-order valence-electron chi connectivity index (χ1n) is 4.59. The summed E-state index contributed by atoms with van der Waals surface area (Å²) in [7, 11) is 0. The number of carbonyl (C=O) groups is 1. The molecule has 0 aromatic heterocycles. The van der Waals surface area contributed by atoms with E-state index < -0.39 is 0 Å². The van der Waals surface area contributed by atoms with Crippen molar-refractivity contribution in [3.8, 4) is 0 Å². The summed E-state index contributed by atoms with van der Waals surface area (Å²) >= 11 is 0. The highest BCUT2D eigenvalue weighted by Crippen LogP contribution is 2.10. The van der Waals surface area contributed by atoms with Gasteiger partial charge < -0.3 is 10.7 Å². The molecule has 1 rings (SSSR count). The molecule has 0 radical (unpaired) electrons. The summed E-state index contributed by atoms with van der Waals surface area (Å²) in [6.07, 6.45) is 0.478. The fourth-order valence-corrected chi connectivity index (χ4v) is 1.05. The van der Waals surface area contributed by atoms with Crippen LogP contribution in [0.2, 0.25) is 0 Å². The SMILES string of the molecule is CCC(=O)Nc1ccc(C(C)=N)cc1. The zero-order chi connectivity index (χ0) is 10.6. The Bertz CT molecular complexity index is 341. The van der Waals surface area contributed by atoms with Crippen LogP contribution in [-0.4, -0.2) is 11.6 Å². The van der Waals surface area contributed by atoms with Crippen LogP contribution in [0, 0.1) is 5.41 Å². The standard InChI is InChI=1S/C11H14N2O/c1-3-11(14)13-10-6-4-9(5-7-10)8(2)12/h4-7,12H,3H2,1-2H3,(H,13,14). The lowest BCUT2D eigenvalue weighted by atomic mass is 10.1. The molecule has 3 nitrogen and oxygen atoms in total. The van der Waals surface area contributed by atoms with Gasteiger partial charge in [0.1, 0.15) is 0 Å². The van der Waals surface area contributed by atoms with E-state index in [1.165, 1.54) is 0 Å². The second kappa shape index (κ2) is 4.56. The van der Waals surface area contributed by atoms with E-state index in [1.807, 2.05) is 19.1 Å². The summed E-state index contributed by atoms with van der Waals surface area (Å²) in [6, 6.07) is 7.27. The maximum Gasteiger partial charge on any atom is 0.224 e. The van der Waals surface area contributed by atoms with E-state index >= 15 is 0 Å². The lowest BCUT2D eigenvalue weighted by molar-refractivity contribution is -0.115. The molecule has 3 heteroatoms. The van der Waals surface area contributed by atoms with Crippen molar-refractivity contribution in [1.29, 1.82) is 5.41 Å². The Balaban J connectivity index is 2.73. The van der Waals surface area contributed by atoms with Gasteiger partial charge in [-0.05, 0) is 24.6 Å². The lowest BCUT2D eigenvalue weighted by Crippen LogP contribution is -2.09. The van der Waals surface area contributed by atoms with Gasteiger partial charge in [-0.25, -0.2) is 0 Å². The molecule has 0 spiro atoms. The van der Waals surface area contributed by atoms with Crippen molar-refractivity contribution in [1.82, 2.24) is 0 Å².